The van der Waals surface area contributed by atoms with Crippen LogP contribution in [-0.2, 0) is 47.6 Å². The lowest BCUT2D eigenvalue weighted by molar-refractivity contribution is -0.142. The van der Waals surface area contributed by atoms with Crippen molar-refractivity contribution in [3.8, 4) is 6.07 Å². The van der Waals surface area contributed by atoms with Crippen molar-refractivity contribution in [3.63, 3.8) is 0 Å². The number of carbonyl (C=O) groups excluding carboxylic acids is 4. The van der Waals surface area contributed by atoms with Gasteiger partial charge in [-0.05, 0) is 49.2 Å². The van der Waals surface area contributed by atoms with Gasteiger partial charge in [-0.3, -0.25) is 14.4 Å². The fourth-order valence-electron chi connectivity index (χ4n) is 5.02. The van der Waals surface area contributed by atoms with E-state index >= 15 is 0 Å². The zero-order chi connectivity index (χ0) is 39.0. The summed E-state index contributed by atoms with van der Waals surface area (Å²) in [4.78, 5) is 56.8. The highest BCUT2D eigenvalue weighted by Gasteiger charge is 2.33. The Morgan fingerprint density at radius 3 is 1.65 bits per heavy atom. The first kappa shape index (κ1) is 42.3. The van der Waals surface area contributed by atoms with Crippen LogP contribution in [0, 0.1) is 17.9 Å². The summed E-state index contributed by atoms with van der Waals surface area (Å²) in [5.41, 5.74) is 1.17. The van der Waals surface area contributed by atoms with E-state index in [9.17, 15) is 24.4 Å². The van der Waals surface area contributed by atoms with Gasteiger partial charge in [0.05, 0.1) is 62.6 Å². The Kier molecular flexibility index (Phi) is 16.8. The zero-order valence-electron chi connectivity index (χ0n) is 29.4. The highest BCUT2D eigenvalue weighted by molar-refractivity contribution is 8.04. The van der Waals surface area contributed by atoms with E-state index in [2.05, 4.69) is 4.85 Å². The molecule has 2 heterocycles. The number of ether oxygens (including phenoxy) is 6. The molecule has 2 aromatic carbocycles. The molecule has 2 aliphatic rings. The summed E-state index contributed by atoms with van der Waals surface area (Å²) in [5, 5.41) is 11.7. The number of halogens is 2. The van der Waals surface area contributed by atoms with Gasteiger partial charge in [0.2, 0.25) is 0 Å². The summed E-state index contributed by atoms with van der Waals surface area (Å²) in [6, 6.07) is 12.5. The first-order valence-corrected chi connectivity index (χ1v) is 18.9. The molecule has 18 heteroatoms. The van der Waals surface area contributed by atoms with Crippen molar-refractivity contribution in [2.24, 2.45) is 0 Å². The van der Waals surface area contributed by atoms with Crippen LogP contribution in [-0.4, -0.2) is 89.8 Å². The fourth-order valence-corrected chi connectivity index (χ4v) is 7.90. The lowest BCUT2D eigenvalue weighted by Gasteiger charge is -2.21. The quantitative estimate of drug-likeness (QED) is 0.0384. The van der Waals surface area contributed by atoms with Crippen molar-refractivity contribution in [1.29, 1.82) is 5.26 Å². The second-order valence-corrected chi connectivity index (χ2v) is 14.1. The average molecular weight is 820 g/mol. The molecule has 54 heavy (non-hydrogen) atoms. The summed E-state index contributed by atoms with van der Waals surface area (Å²) in [7, 11) is 0. The molecule has 0 unspecified atom stereocenters. The van der Waals surface area contributed by atoms with E-state index in [1.807, 2.05) is 11.0 Å². The number of carbonyl (C=O) groups is 4. The number of thioether (sulfide) groups is 2. The van der Waals surface area contributed by atoms with E-state index in [4.69, 9.17) is 58.2 Å². The number of hydrogen-bond donors (Lipinski definition) is 0. The van der Waals surface area contributed by atoms with Gasteiger partial charge in [0.1, 0.15) is 24.3 Å². The van der Waals surface area contributed by atoms with Gasteiger partial charge in [0.15, 0.2) is 5.57 Å². The molecule has 0 atom stereocenters. The van der Waals surface area contributed by atoms with Gasteiger partial charge in [-0.15, -0.1) is 0 Å². The molecule has 0 spiro atoms. The lowest BCUT2D eigenvalue weighted by Crippen LogP contribution is -2.24. The van der Waals surface area contributed by atoms with Crippen molar-refractivity contribution >= 4 is 82.0 Å². The standard InChI is InChI=1S/C36H36Cl2N4O10S2/c1-23(43)49-12-4-10-41-28-8-6-25(37)20-30(28)53-33(41)27(22-39)35(45)51-18-16-47-14-15-48-17-19-52-36(46)32(40-3)34-42(11-5-13-50-24(2)44)29-9-7-26(38)21-31(29)54-34/h6-9,20-21H,4-5,10-19H2,1-2H3/b33-27-,34-32+. The minimum atomic E-state index is -0.812. The van der Waals surface area contributed by atoms with Crippen molar-refractivity contribution in [3.05, 3.63) is 79.2 Å². The average Bonchev–Trinajstić information content (AvgIpc) is 3.66. The molecule has 0 radical (unpaired) electrons. The van der Waals surface area contributed by atoms with Crippen LogP contribution in [0.3, 0.4) is 0 Å². The molecule has 0 N–H and O–H groups in total. The normalized spacial score (nSPS) is 14.7. The van der Waals surface area contributed by atoms with E-state index in [0.29, 0.717) is 46.0 Å². The van der Waals surface area contributed by atoms with Gasteiger partial charge < -0.3 is 38.2 Å². The maximum absolute atomic E-state index is 12.9. The fraction of sp³-hybridized carbons (Fsp3) is 0.389. The SMILES string of the molecule is [C-]#[N+]/C(C(=O)OCCOCCOCCOC(=O)/C(C#N)=C1\Sc2cc(Cl)ccc2N1CCCOC(C)=O)=C1/Sc2cc(Cl)ccc2N1CCCOC(C)=O. The van der Waals surface area contributed by atoms with Crippen LogP contribution in [0.25, 0.3) is 4.85 Å². The first-order chi connectivity index (χ1) is 26.0. The number of anilines is 2. The summed E-state index contributed by atoms with van der Waals surface area (Å²) in [6.07, 6.45) is 0.927. The molecule has 0 saturated heterocycles. The number of nitrogens with zero attached hydrogens (tertiary/aromatic N) is 4. The van der Waals surface area contributed by atoms with Gasteiger partial charge in [-0.1, -0.05) is 46.7 Å². The van der Waals surface area contributed by atoms with Crippen LogP contribution in [0.15, 0.2) is 67.5 Å². The third kappa shape index (κ3) is 12.0. The third-order valence-corrected chi connectivity index (χ3v) is 10.1. The van der Waals surface area contributed by atoms with E-state index < -0.39 is 23.9 Å². The minimum Gasteiger partial charge on any atom is -0.468 e. The van der Waals surface area contributed by atoms with Crippen molar-refractivity contribution < 1.29 is 47.6 Å². The molecule has 0 saturated carbocycles. The van der Waals surface area contributed by atoms with E-state index in [0.717, 1.165) is 21.2 Å². The van der Waals surface area contributed by atoms with Crippen LogP contribution in [0.1, 0.15) is 26.7 Å². The molecule has 0 aliphatic carbocycles. The van der Waals surface area contributed by atoms with Crippen LogP contribution < -0.4 is 9.80 Å². The summed E-state index contributed by atoms with van der Waals surface area (Å²) in [5.74, 6) is -2.41. The maximum atomic E-state index is 12.9. The van der Waals surface area contributed by atoms with Gasteiger partial charge in [-0.2, -0.15) is 5.26 Å². The largest absolute Gasteiger partial charge is 0.468 e. The molecule has 2 aliphatic heterocycles. The first-order valence-electron chi connectivity index (χ1n) is 16.6. The Morgan fingerprint density at radius 1 is 0.704 bits per heavy atom. The summed E-state index contributed by atoms with van der Waals surface area (Å²) < 4.78 is 31.6. The van der Waals surface area contributed by atoms with Gasteiger partial charge in [0.25, 0.3) is 5.70 Å². The van der Waals surface area contributed by atoms with E-state index in [1.165, 1.54) is 37.4 Å². The van der Waals surface area contributed by atoms with Crippen LogP contribution in [0.2, 0.25) is 10.0 Å². The predicted molar refractivity (Wildman–Crippen MR) is 202 cm³/mol. The van der Waals surface area contributed by atoms with Gasteiger partial charge >= 0.3 is 23.9 Å². The maximum Gasteiger partial charge on any atom is 0.351 e. The molecule has 4 rings (SSSR count). The van der Waals surface area contributed by atoms with Gasteiger partial charge in [0, 0.05) is 46.8 Å². The van der Waals surface area contributed by atoms with Crippen molar-refractivity contribution in [1.82, 2.24) is 0 Å². The second-order valence-electron chi connectivity index (χ2n) is 11.2. The summed E-state index contributed by atoms with van der Waals surface area (Å²) in [6.45, 7) is 11.6. The van der Waals surface area contributed by atoms with Crippen LogP contribution >= 0.6 is 46.7 Å². The number of esters is 4. The second kappa shape index (κ2) is 21.5. The summed E-state index contributed by atoms with van der Waals surface area (Å²) >= 11 is 14.8. The molecule has 0 bridgehead atoms. The number of benzene rings is 2. The highest BCUT2D eigenvalue weighted by atomic mass is 35.5. The van der Waals surface area contributed by atoms with Crippen LogP contribution in [0.4, 0.5) is 11.4 Å². The minimum absolute atomic E-state index is 0.0395. The van der Waals surface area contributed by atoms with Gasteiger partial charge in [-0.25, -0.2) is 9.64 Å². The smallest absolute Gasteiger partial charge is 0.351 e. The molecule has 286 valence electrons. The van der Waals surface area contributed by atoms with Crippen molar-refractivity contribution in [2.75, 3.05) is 75.7 Å². The Morgan fingerprint density at radius 2 is 1.17 bits per heavy atom. The highest BCUT2D eigenvalue weighted by Crippen LogP contribution is 2.49. The lowest BCUT2D eigenvalue weighted by atomic mass is 10.2. The topological polar surface area (TPSA) is 158 Å². The molecule has 0 amide bonds. The third-order valence-electron chi connectivity index (χ3n) is 7.32. The number of rotatable bonds is 19. The predicted octanol–water partition coefficient (Wildman–Crippen LogP) is 6.37. The monoisotopic (exact) mass is 818 g/mol. The molecule has 0 aromatic heterocycles. The Hall–Kier alpha value is -4.42. The number of fused-ring (bicyclic) bond motifs is 2. The van der Waals surface area contributed by atoms with Crippen molar-refractivity contribution in [2.45, 2.75) is 36.5 Å². The molecular formula is C36H36Cl2N4O10S2. The zero-order valence-corrected chi connectivity index (χ0v) is 32.5. The molecule has 14 nitrogen and oxygen atoms in total. The van der Waals surface area contributed by atoms with Crippen LogP contribution in [0.5, 0.6) is 0 Å². The number of nitriles is 1. The number of hydrogen-bond acceptors (Lipinski definition) is 15. The Balaban J connectivity index is 1.19. The Labute approximate surface area is 331 Å². The van der Waals surface area contributed by atoms with E-state index in [-0.39, 0.29) is 64.1 Å². The molecule has 0 fully saturated rings. The Bertz CT molecular complexity index is 1740. The molecular weight excluding hydrogens is 783 g/mol. The molecule has 2 aromatic rings. The van der Waals surface area contributed by atoms with E-state index in [1.54, 1.807) is 41.3 Å².